The average Bonchev–Trinajstić information content (AvgIpc) is 2.81. The Morgan fingerprint density at radius 1 is 0.868 bits per heavy atom. The van der Waals surface area contributed by atoms with Gasteiger partial charge in [-0.1, -0.05) is 0 Å². The fourth-order valence-electron chi connectivity index (χ4n) is 6.90. The molecule has 4 fully saturated rings. The van der Waals surface area contributed by atoms with E-state index in [1.54, 1.807) is 13.8 Å². The van der Waals surface area contributed by atoms with E-state index in [1.165, 1.54) is 12.7 Å². The number of carbonyl (C=O) groups is 2. The molecule has 38 heavy (non-hydrogen) atoms. The van der Waals surface area contributed by atoms with Crippen molar-refractivity contribution in [3.63, 3.8) is 0 Å². The van der Waals surface area contributed by atoms with E-state index in [1.807, 2.05) is 24.3 Å². The van der Waals surface area contributed by atoms with Crippen LogP contribution in [0.15, 0.2) is 48.5 Å². The molecule has 0 heterocycles. The predicted molar refractivity (Wildman–Crippen MR) is 139 cm³/mol. The number of ether oxygens (including phenoxy) is 1. The van der Waals surface area contributed by atoms with Crippen molar-refractivity contribution in [1.29, 1.82) is 0 Å². The molecule has 4 aliphatic rings. The number of rotatable bonds is 7. The van der Waals surface area contributed by atoms with Crippen LogP contribution in [0, 0.1) is 24.9 Å². The van der Waals surface area contributed by atoms with E-state index < -0.39 is 29.3 Å². The molecular weight excluding hydrogens is 597 g/mol. The summed E-state index contributed by atoms with van der Waals surface area (Å²) in [5.41, 5.74) is 0.406. The first kappa shape index (κ1) is 27.7. The Morgan fingerprint density at radius 3 is 1.87 bits per heavy atom. The van der Waals surface area contributed by atoms with E-state index in [0.29, 0.717) is 25.2 Å². The summed E-state index contributed by atoms with van der Waals surface area (Å²) < 4.78 is 38.8. The zero-order valence-corrected chi connectivity index (χ0v) is 25.1. The van der Waals surface area contributed by atoms with E-state index >= 15 is 8.78 Å². The van der Waals surface area contributed by atoms with Gasteiger partial charge in [0.1, 0.15) is 5.78 Å². The number of esters is 1. The second kappa shape index (κ2) is 9.67. The SMILES string of the molecule is CC(C)(C)c1ccc([I-]c2ccc(C(C)(C)CC(F)(F)C(=O)OC34CC5CC(C3)C(=O)C(C5)C4)cc2)cc1. The molecule has 0 aliphatic heterocycles. The zero-order chi connectivity index (χ0) is 27.5. The molecule has 0 spiro atoms. The second-order valence-corrected chi connectivity index (χ2v) is 16.5. The first-order valence-corrected chi connectivity index (χ1v) is 15.8. The summed E-state index contributed by atoms with van der Waals surface area (Å²) in [7, 11) is 0. The number of hydrogen-bond donors (Lipinski definition) is 0. The van der Waals surface area contributed by atoms with Crippen LogP contribution in [0.1, 0.15) is 84.3 Å². The fraction of sp³-hybridized carbons (Fsp3) is 0.562. The van der Waals surface area contributed by atoms with Gasteiger partial charge in [-0.2, -0.15) is 0 Å². The Morgan fingerprint density at radius 2 is 1.37 bits per heavy atom. The van der Waals surface area contributed by atoms with Gasteiger partial charge in [0.2, 0.25) is 0 Å². The Bertz CT molecular complexity index is 1190. The van der Waals surface area contributed by atoms with Gasteiger partial charge < -0.3 is 0 Å². The molecule has 3 nitrogen and oxygen atoms in total. The molecule has 2 unspecified atom stereocenters. The van der Waals surface area contributed by atoms with Crippen LogP contribution in [0.3, 0.4) is 0 Å². The zero-order valence-electron chi connectivity index (χ0n) is 23.0. The van der Waals surface area contributed by atoms with Crippen LogP contribution in [-0.2, 0) is 25.2 Å². The molecule has 0 aromatic heterocycles. The Hall–Kier alpha value is -1.83. The van der Waals surface area contributed by atoms with Crippen molar-refractivity contribution in [2.24, 2.45) is 17.8 Å². The first-order valence-electron chi connectivity index (χ1n) is 13.7. The number of alkyl halides is 2. The average molecular weight is 636 g/mol. The number of ketones is 1. The minimum atomic E-state index is -3.60. The van der Waals surface area contributed by atoms with Crippen molar-refractivity contribution in [2.45, 2.75) is 95.5 Å². The molecule has 4 saturated carbocycles. The monoisotopic (exact) mass is 635 g/mol. The standard InChI is InChI=1S/C32H38F2IO3/c1-29(2,3)23-6-10-25(11-7-23)35-26-12-8-24(9-13-26)30(4,5)19-32(33,34)28(37)38-31-16-20-14-21(17-31)27(36)22(15-20)18-31/h6-13,20-22H,14-19H2,1-5H3/q-1. The van der Waals surface area contributed by atoms with Gasteiger partial charge in [-0.3, -0.25) is 4.79 Å². The van der Waals surface area contributed by atoms with Crippen LogP contribution in [0.4, 0.5) is 8.78 Å². The first-order chi connectivity index (χ1) is 17.7. The second-order valence-electron chi connectivity index (χ2n) is 13.4. The molecule has 6 rings (SSSR count). The molecular formula is C32H38F2IO3-. The summed E-state index contributed by atoms with van der Waals surface area (Å²) in [6.07, 6.45) is 2.45. The van der Waals surface area contributed by atoms with Crippen molar-refractivity contribution in [3.05, 3.63) is 66.8 Å². The molecule has 0 saturated heterocycles. The predicted octanol–water partition coefficient (Wildman–Crippen LogP) is 4.11. The molecule has 0 radical (unpaired) electrons. The summed E-state index contributed by atoms with van der Waals surface area (Å²) in [6, 6.07) is 16.7. The van der Waals surface area contributed by atoms with E-state index in [2.05, 4.69) is 45.0 Å². The van der Waals surface area contributed by atoms with Gasteiger partial charge in [0, 0.05) is 0 Å². The van der Waals surface area contributed by atoms with Crippen LogP contribution < -0.4 is 21.2 Å². The van der Waals surface area contributed by atoms with Crippen LogP contribution in [0.5, 0.6) is 0 Å². The molecule has 0 N–H and O–H groups in total. The minimum absolute atomic E-state index is 0.118. The van der Waals surface area contributed by atoms with E-state index in [4.69, 9.17) is 4.74 Å². The van der Waals surface area contributed by atoms with Gasteiger partial charge >= 0.3 is 213 Å². The van der Waals surface area contributed by atoms with Gasteiger partial charge in [0.15, 0.2) is 0 Å². The maximum atomic E-state index is 15.3. The van der Waals surface area contributed by atoms with Crippen molar-refractivity contribution in [1.82, 2.24) is 0 Å². The van der Waals surface area contributed by atoms with Crippen LogP contribution in [-0.4, -0.2) is 23.3 Å². The quantitative estimate of drug-likeness (QED) is 0.340. The Kier molecular flexibility index (Phi) is 7.05. The molecule has 206 valence electrons. The van der Waals surface area contributed by atoms with Crippen LogP contribution in [0.25, 0.3) is 0 Å². The normalized spacial score (nSPS) is 27.1. The molecule has 4 bridgehead atoms. The van der Waals surface area contributed by atoms with Crippen LogP contribution >= 0.6 is 0 Å². The molecule has 2 atom stereocenters. The van der Waals surface area contributed by atoms with Crippen molar-refractivity contribution < 1.29 is 44.3 Å². The molecule has 2 aromatic carbocycles. The molecule has 4 aliphatic carbocycles. The van der Waals surface area contributed by atoms with Crippen molar-refractivity contribution in [3.8, 4) is 0 Å². The fourth-order valence-corrected chi connectivity index (χ4v) is 9.06. The Balaban J connectivity index is 1.23. The van der Waals surface area contributed by atoms with Crippen molar-refractivity contribution in [2.75, 3.05) is 0 Å². The van der Waals surface area contributed by atoms with Crippen molar-refractivity contribution >= 4 is 11.8 Å². The summed E-state index contributed by atoms with van der Waals surface area (Å²) in [6.45, 7) is 10.1. The Labute approximate surface area is 235 Å². The number of halogens is 3. The molecule has 2 aromatic rings. The topological polar surface area (TPSA) is 43.4 Å². The third kappa shape index (κ3) is 5.57. The summed E-state index contributed by atoms with van der Waals surface area (Å²) in [5.74, 6) is -4.74. The third-order valence-electron chi connectivity index (χ3n) is 8.76. The number of carbonyl (C=O) groups excluding carboxylic acids is 2. The van der Waals surface area contributed by atoms with Gasteiger partial charge in [-0.25, -0.2) is 0 Å². The number of hydrogen-bond acceptors (Lipinski definition) is 3. The van der Waals surface area contributed by atoms with E-state index in [9.17, 15) is 9.59 Å². The summed E-state index contributed by atoms with van der Waals surface area (Å²) >= 11 is -0.375. The number of benzene rings is 2. The summed E-state index contributed by atoms with van der Waals surface area (Å²) in [5, 5.41) is 0. The molecule has 6 heteroatoms. The summed E-state index contributed by atoms with van der Waals surface area (Å²) in [4.78, 5) is 25.3. The van der Waals surface area contributed by atoms with Gasteiger partial charge in [0.25, 0.3) is 0 Å². The third-order valence-corrected chi connectivity index (χ3v) is 11.4. The van der Waals surface area contributed by atoms with E-state index in [-0.39, 0.29) is 44.2 Å². The van der Waals surface area contributed by atoms with Crippen LogP contribution in [0.2, 0.25) is 0 Å². The maximum absolute atomic E-state index is 15.3. The molecule has 0 amide bonds. The number of Topliss-reactive ketones (excluding diaryl/α,β-unsaturated/α-hetero) is 1. The van der Waals surface area contributed by atoms with Gasteiger partial charge in [0.05, 0.1) is 0 Å². The van der Waals surface area contributed by atoms with Gasteiger partial charge in [-0.05, 0) is 12.8 Å². The van der Waals surface area contributed by atoms with Gasteiger partial charge in [-0.15, -0.1) is 0 Å². The van der Waals surface area contributed by atoms with E-state index in [0.717, 1.165) is 18.4 Å².